The molecule has 126 valence electrons. The van der Waals surface area contributed by atoms with Gasteiger partial charge in [0.25, 0.3) is 5.91 Å². The Labute approximate surface area is 146 Å². The van der Waals surface area contributed by atoms with Crippen LogP contribution < -0.4 is 10.7 Å². The van der Waals surface area contributed by atoms with Gasteiger partial charge in [0.05, 0.1) is 11.1 Å². The van der Waals surface area contributed by atoms with Crippen molar-refractivity contribution in [3.8, 4) is 0 Å². The summed E-state index contributed by atoms with van der Waals surface area (Å²) in [5.41, 5.74) is 1.75. The van der Waals surface area contributed by atoms with Gasteiger partial charge >= 0.3 is 0 Å². The van der Waals surface area contributed by atoms with Crippen molar-refractivity contribution in [3.63, 3.8) is 0 Å². The largest absolute Gasteiger partial charge is 0.354 e. The topological polar surface area (TPSA) is 65.2 Å². The van der Waals surface area contributed by atoms with Crippen LogP contribution in [0.5, 0.6) is 0 Å². The van der Waals surface area contributed by atoms with Crippen molar-refractivity contribution in [2.75, 3.05) is 27.2 Å². The van der Waals surface area contributed by atoms with Crippen LogP contribution in [0.1, 0.15) is 10.4 Å². The fraction of sp³-hybridized carbons (Fsp3) is 0.222. The van der Waals surface area contributed by atoms with Gasteiger partial charge in [-0.1, -0.05) is 18.2 Å². The molecule has 1 heterocycles. The zero-order chi connectivity index (χ0) is 16.4. The highest BCUT2D eigenvalue weighted by Crippen LogP contribution is 2.18. The standard InChI is InChI=1S/C18H19N3O2.ClH/c1-21(2)11-10-19-18(23)14-8-5-7-13-16(14)20-15-9-4-3-6-12(15)17(13)22;/h3-9H,10-11H2,1-2H3,(H,19,23)(H,20,22);1H. The zero-order valence-electron chi connectivity index (χ0n) is 13.6. The number of carbonyl (C=O) groups is 1. The molecule has 0 aliphatic heterocycles. The Morgan fingerprint density at radius 3 is 2.54 bits per heavy atom. The van der Waals surface area contributed by atoms with Crippen LogP contribution >= 0.6 is 12.4 Å². The summed E-state index contributed by atoms with van der Waals surface area (Å²) in [5, 5.41) is 4.05. The smallest absolute Gasteiger partial charge is 0.253 e. The summed E-state index contributed by atoms with van der Waals surface area (Å²) in [4.78, 5) is 30.3. The van der Waals surface area contributed by atoms with Gasteiger partial charge in [0.15, 0.2) is 5.43 Å². The molecule has 6 heteroatoms. The number of aromatic amines is 1. The van der Waals surface area contributed by atoms with Crippen molar-refractivity contribution >= 4 is 40.1 Å². The Morgan fingerprint density at radius 2 is 1.79 bits per heavy atom. The number of halogens is 1. The molecule has 0 unspecified atom stereocenters. The first kappa shape index (κ1) is 18.0. The number of rotatable bonds is 4. The number of hydrogen-bond donors (Lipinski definition) is 2. The lowest BCUT2D eigenvalue weighted by Crippen LogP contribution is -2.31. The van der Waals surface area contributed by atoms with Gasteiger partial charge in [-0.2, -0.15) is 0 Å². The van der Waals surface area contributed by atoms with Gasteiger partial charge in [-0.3, -0.25) is 9.59 Å². The van der Waals surface area contributed by atoms with Crippen LogP contribution in [-0.4, -0.2) is 43.0 Å². The molecule has 2 N–H and O–H groups in total. The van der Waals surface area contributed by atoms with E-state index in [-0.39, 0.29) is 23.7 Å². The van der Waals surface area contributed by atoms with E-state index in [4.69, 9.17) is 0 Å². The highest BCUT2D eigenvalue weighted by Gasteiger charge is 2.13. The van der Waals surface area contributed by atoms with E-state index in [0.717, 1.165) is 12.1 Å². The van der Waals surface area contributed by atoms with Crippen LogP contribution in [0.3, 0.4) is 0 Å². The number of fused-ring (bicyclic) bond motifs is 2. The molecule has 3 aromatic rings. The molecule has 0 radical (unpaired) electrons. The molecule has 0 saturated heterocycles. The van der Waals surface area contributed by atoms with Crippen molar-refractivity contribution in [1.82, 2.24) is 15.2 Å². The summed E-state index contributed by atoms with van der Waals surface area (Å²) in [6, 6.07) is 12.6. The minimum absolute atomic E-state index is 0. The molecule has 0 fully saturated rings. The number of para-hydroxylation sites is 2. The molecule has 0 saturated carbocycles. The highest BCUT2D eigenvalue weighted by molar-refractivity contribution is 6.07. The fourth-order valence-corrected chi connectivity index (χ4v) is 2.62. The maximum Gasteiger partial charge on any atom is 0.253 e. The second-order valence-electron chi connectivity index (χ2n) is 5.79. The van der Waals surface area contributed by atoms with Gasteiger partial charge in [-0.25, -0.2) is 0 Å². The summed E-state index contributed by atoms with van der Waals surface area (Å²) < 4.78 is 0. The number of nitrogens with one attached hydrogen (secondary N) is 2. The Balaban J connectivity index is 0.00000208. The van der Waals surface area contributed by atoms with Gasteiger partial charge < -0.3 is 15.2 Å². The molecule has 0 aliphatic carbocycles. The number of carbonyl (C=O) groups excluding carboxylic acids is 1. The number of amides is 1. The molecule has 3 rings (SSSR count). The molecule has 0 spiro atoms. The Hall–Kier alpha value is -2.37. The maximum atomic E-state index is 12.6. The molecule has 1 amide bonds. The van der Waals surface area contributed by atoms with E-state index in [9.17, 15) is 9.59 Å². The van der Waals surface area contributed by atoms with Crippen LogP contribution in [0.2, 0.25) is 0 Å². The predicted octanol–water partition coefficient (Wildman–Crippen LogP) is 2.39. The Morgan fingerprint density at radius 1 is 1.08 bits per heavy atom. The van der Waals surface area contributed by atoms with E-state index < -0.39 is 0 Å². The monoisotopic (exact) mass is 345 g/mol. The predicted molar refractivity (Wildman–Crippen MR) is 100 cm³/mol. The first-order chi connectivity index (χ1) is 11.1. The lowest BCUT2D eigenvalue weighted by atomic mass is 10.1. The summed E-state index contributed by atoms with van der Waals surface area (Å²) in [6.07, 6.45) is 0. The van der Waals surface area contributed by atoms with Gasteiger partial charge in [0.2, 0.25) is 0 Å². The molecule has 24 heavy (non-hydrogen) atoms. The van der Waals surface area contributed by atoms with Crippen molar-refractivity contribution < 1.29 is 4.79 Å². The second kappa shape index (κ2) is 7.47. The van der Waals surface area contributed by atoms with E-state index in [1.807, 2.05) is 37.2 Å². The second-order valence-corrected chi connectivity index (χ2v) is 5.79. The van der Waals surface area contributed by atoms with Gasteiger partial charge in [-0.15, -0.1) is 12.4 Å². The third-order valence-electron chi connectivity index (χ3n) is 3.83. The van der Waals surface area contributed by atoms with Crippen LogP contribution in [0.25, 0.3) is 21.8 Å². The van der Waals surface area contributed by atoms with E-state index in [1.165, 1.54) is 0 Å². The van der Waals surface area contributed by atoms with Crippen LogP contribution in [0, 0.1) is 0 Å². The number of H-pyrrole nitrogens is 1. The Kier molecular flexibility index (Phi) is 5.59. The first-order valence-electron chi connectivity index (χ1n) is 7.54. The average Bonchev–Trinajstić information content (AvgIpc) is 2.54. The number of nitrogens with zero attached hydrogens (tertiary/aromatic N) is 1. The first-order valence-corrected chi connectivity index (χ1v) is 7.54. The third kappa shape index (κ3) is 3.42. The van der Waals surface area contributed by atoms with E-state index in [0.29, 0.717) is 28.4 Å². The number of hydrogen-bond acceptors (Lipinski definition) is 3. The molecule has 0 aliphatic rings. The fourth-order valence-electron chi connectivity index (χ4n) is 2.62. The molecule has 0 bridgehead atoms. The summed E-state index contributed by atoms with van der Waals surface area (Å²) in [6.45, 7) is 1.32. The van der Waals surface area contributed by atoms with E-state index in [1.54, 1.807) is 24.3 Å². The quantitative estimate of drug-likeness (QED) is 0.714. The minimum Gasteiger partial charge on any atom is -0.354 e. The molecule has 5 nitrogen and oxygen atoms in total. The van der Waals surface area contributed by atoms with Crippen molar-refractivity contribution in [3.05, 3.63) is 58.3 Å². The number of aromatic nitrogens is 1. The molecule has 1 aromatic heterocycles. The Bertz CT molecular complexity index is 934. The van der Waals surface area contributed by atoms with Crippen molar-refractivity contribution in [2.45, 2.75) is 0 Å². The molecule has 2 aromatic carbocycles. The van der Waals surface area contributed by atoms with Crippen LogP contribution in [0.4, 0.5) is 0 Å². The zero-order valence-corrected chi connectivity index (χ0v) is 14.4. The molecule has 0 atom stereocenters. The van der Waals surface area contributed by atoms with Gasteiger partial charge in [0.1, 0.15) is 0 Å². The maximum absolute atomic E-state index is 12.6. The molecular formula is C18H20ClN3O2. The average molecular weight is 346 g/mol. The van der Waals surface area contributed by atoms with Gasteiger partial charge in [0, 0.05) is 29.4 Å². The lowest BCUT2D eigenvalue weighted by molar-refractivity contribution is 0.0952. The summed E-state index contributed by atoms with van der Waals surface area (Å²) >= 11 is 0. The normalized spacial score (nSPS) is 10.8. The SMILES string of the molecule is CN(C)CCNC(=O)c1cccc2c(=O)c3ccccc3[nH]c12.Cl. The third-order valence-corrected chi connectivity index (χ3v) is 3.83. The number of benzene rings is 2. The number of likely N-dealkylation sites (N-methyl/N-ethyl adjacent to an activating group) is 1. The molecular weight excluding hydrogens is 326 g/mol. The highest BCUT2D eigenvalue weighted by atomic mass is 35.5. The van der Waals surface area contributed by atoms with E-state index >= 15 is 0 Å². The lowest BCUT2D eigenvalue weighted by Gasteiger charge is -2.12. The minimum atomic E-state index is -0.177. The van der Waals surface area contributed by atoms with Crippen LogP contribution in [0.15, 0.2) is 47.3 Å². The number of pyridine rings is 1. The van der Waals surface area contributed by atoms with Crippen molar-refractivity contribution in [2.24, 2.45) is 0 Å². The van der Waals surface area contributed by atoms with Gasteiger partial charge in [-0.05, 0) is 38.4 Å². The summed E-state index contributed by atoms with van der Waals surface area (Å²) in [5.74, 6) is -0.177. The van der Waals surface area contributed by atoms with Crippen LogP contribution in [-0.2, 0) is 0 Å². The van der Waals surface area contributed by atoms with Crippen molar-refractivity contribution in [1.29, 1.82) is 0 Å². The van der Waals surface area contributed by atoms with E-state index in [2.05, 4.69) is 10.3 Å². The summed E-state index contributed by atoms with van der Waals surface area (Å²) in [7, 11) is 3.90.